The van der Waals surface area contributed by atoms with Crippen molar-refractivity contribution in [1.29, 1.82) is 0 Å². The number of hydrogen-bond donors (Lipinski definition) is 0. The molecule has 0 radical (unpaired) electrons. The van der Waals surface area contributed by atoms with Crippen molar-refractivity contribution in [2.24, 2.45) is 0 Å². The van der Waals surface area contributed by atoms with Gasteiger partial charge in [-0.3, -0.25) is 0 Å². The number of nitrogens with zero attached hydrogens (tertiary/aromatic N) is 2. The Kier molecular flexibility index (Phi) is 3.61. The summed E-state index contributed by atoms with van der Waals surface area (Å²) in [4.78, 5) is 9.69. The highest BCUT2D eigenvalue weighted by atomic mass is 79.9. The highest BCUT2D eigenvalue weighted by Gasteiger charge is 2.03. The molecule has 2 rings (SSSR count). The molecule has 0 fully saturated rings. The zero-order chi connectivity index (χ0) is 11.5. The van der Waals surface area contributed by atoms with Crippen molar-refractivity contribution in [1.82, 2.24) is 9.97 Å². The second-order valence-electron chi connectivity index (χ2n) is 3.55. The van der Waals surface area contributed by atoms with Gasteiger partial charge >= 0.3 is 0 Å². The summed E-state index contributed by atoms with van der Waals surface area (Å²) >= 11 is 4.91. The average molecular weight is 295 g/mol. The van der Waals surface area contributed by atoms with Crippen molar-refractivity contribution in [3.05, 3.63) is 46.2 Å². The number of halogens is 1. The molecular formula is C12H11BrN2S. The van der Waals surface area contributed by atoms with Crippen LogP contribution < -0.4 is 0 Å². The van der Waals surface area contributed by atoms with Gasteiger partial charge in [-0.15, -0.1) is 0 Å². The molecule has 82 valence electrons. The van der Waals surface area contributed by atoms with Gasteiger partial charge in [0, 0.05) is 17.3 Å². The largest absolute Gasteiger partial charge is 0.230 e. The minimum absolute atomic E-state index is 0.773. The second-order valence-corrected chi connectivity index (χ2v) is 5.48. The van der Waals surface area contributed by atoms with Crippen LogP contribution in [0, 0.1) is 13.8 Å². The van der Waals surface area contributed by atoms with Crippen LogP contribution in [0.2, 0.25) is 0 Å². The average Bonchev–Trinajstić information content (AvgIpc) is 2.25. The first-order valence-corrected chi connectivity index (χ1v) is 6.49. The van der Waals surface area contributed by atoms with Crippen LogP contribution in [-0.2, 0) is 0 Å². The third-order valence-electron chi connectivity index (χ3n) is 2.13. The Labute approximate surface area is 108 Å². The van der Waals surface area contributed by atoms with E-state index in [0.29, 0.717) is 0 Å². The molecule has 0 bridgehead atoms. The zero-order valence-corrected chi connectivity index (χ0v) is 11.5. The molecule has 0 aliphatic carbocycles. The Balaban J connectivity index is 2.23. The molecule has 0 aliphatic rings. The molecule has 0 aliphatic heterocycles. The fourth-order valence-electron chi connectivity index (χ4n) is 1.37. The highest BCUT2D eigenvalue weighted by Crippen LogP contribution is 2.28. The maximum absolute atomic E-state index is 4.24. The van der Waals surface area contributed by atoms with Crippen LogP contribution in [0.15, 0.2) is 45.1 Å². The Morgan fingerprint density at radius 2 is 1.81 bits per heavy atom. The molecule has 2 aromatic rings. The van der Waals surface area contributed by atoms with Crippen LogP contribution in [0.3, 0.4) is 0 Å². The van der Waals surface area contributed by atoms with Crippen molar-refractivity contribution >= 4 is 27.7 Å². The van der Waals surface area contributed by atoms with Crippen molar-refractivity contribution in [3.63, 3.8) is 0 Å². The van der Waals surface area contributed by atoms with E-state index in [1.54, 1.807) is 24.2 Å². The first-order valence-electron chi connectivity index (χ1n) is 4.88. The fraction of sp³-hybridized carbons (Fsp3) is 0.167. The van der Waals surface area contributed by atoms with Gasteiger partial charge in [0.2, 0.25) is 0 Å². The Morgan fingerprint density at radius 1 is 1.12 bits per heavy atom. The number of rotatable bonds is 2. The lowest BCUT2D eigenvalue weighted by atomic mass is 10.2. The van der Waals surface area contributed by atoms with Crippen LogP contribution >= 0.6 is 27.7 Å². The van der Waals surface area contributed by atoms with Crippen molar-refractivity contribution < 1.29 is 0 Å². The SMILES string of the molecule is Cc1ccc(Sc2ncc(Br)cn2)c(C)c1. The lowest BCUT2D eigenvalue weighted by molar-refractivity contribution is 0.957. The van der Waals surface area contributed by atoms with E-state index in [1.807, 2.05) is 0 Å². The molecule has 1 aromatic heterocycles. The molecule has 1 heterocycles. The molecule has 0 spiro atoms. The summed E-state index contributed by atoms with van der Waals surface area (Å²) in [6, 6.07) is 6.39. The van der Waals surface area contributed by atoms with Gasteiger partial charge in [-0.1, -0.05) is 17.7 Å². The standard InChI is InChI=1S/C12H11BrN2S/c1-8-3-4-11(9(2)5-8)16-12-14-6-10(13)7-15-12/h3-7H,1-2H3. The van der Waals surface area contributed by atoms with Gasteiger partial charge in [-0.05, 0) is 53.2 Å². The summed E-state index contributed by atoms with van der Waals surface area (Å²) < 4.78 is 0.900. The van der Waals surface area contributed by atoms with E-state index in [-0.39, 0.29) is 0 Å². The van der Waals surface area contributed by atoms with E-state index in [1.165, 1.54) is 16.0 Å². The summed E-state index contributed by atoms with van der Waals surface area (Å²) in [5.41, 5.74) is 2.54. The van der Waals surface area contributed by atoms with Crippen molar-refractivity contribution in [3.8, 4) is 0 Å². The van der Waals surface area contributed by atoms with Gasteiger partial charge in [-0.25, -0.2) is 9.97 Å². The van der Waals surface area contributed by atoms with E-state index in [0.717, 1.165) is 9.63 Å². The minimum Gasteiger partial charge on any atom is -0.230 e. The second kappa shape index (κ2) is 4.97. The van der Waals surface area contributed by atoms with Gasteiger partial charge in [0.05, 0.1) is 4.47 Å². The van der Waals surface area contributed by atoms with Crippen LogP contribution in [-0.4, -0.2) is 9.97 Å². The van der Waals surface area contributed by atoms with E-state index in [4.69, 9.17) is 0 Å². The monoisotopic (exact) mass is 294 g/mol. The predicted molar refractivity (Wildman–Crippen MR) is 69.8 cm³/mol. The number of aryl methyl sites for hydroxylation is 2. The maximum atomic E-state index is 4.24. The van der Waals surface area contributed by atoms with Gasteiger partial charge < -0.3 is 0 Å². The van der Waals surface area contributed by atoms with E-state index in [9.17, 15) is 0 Å². The number of benzene rings is 1. The molecule has 1 aromatic carbocycles. The Morgan fingerprint density at radius 3 is 2.44 bits per heavy atom. The molecule has 0 saturated carbocycles. The lowest BCUT2D eigenvalue weighted by Gasteiger charge is -2.04. The van der Waals surface area contributed by atoms with Crippen LogP contribution in [0.1, 0.15) is 11.1 Å². The highest BCUT2D eigenvalue weighted by molar-refractivity contribution is 9.10. The van der Waals surface area contributed by atoms with Crippen molar-refractivity contribution in [2.45, 2.75) is 23.9 Å². The quantitative estimate of drug-likeness (QED) is 0.783. The normalized spacial score (nSPS) is 10.4. The molecule has 0 amide bonds. The summed E-state index contributed by atoms with van der Waals surface area (Å²) in [5.74, 6) is 0. The van der Waals surface area contributed by atoms with Crippen LogP contribution in [0.5, 0.6) is 0 Å². The summed E-state index contributed by atoms with van der Waals surface area (Å²) in [5, 5.41) is 0.773. The topological polar surface area (TPSA) is 25.8 Å². The molecule has 0 unspecified atom stereocenters. The first kappa shape index (κ1) is 11.6. The maximum Gasteiger partial charge on any atom is 0.192 e. The van der Waals surface area contributed by atoms with Crippen LogP contribution in [0.25, 0.3) is 0 Å². The van der Waals surface area contributed by atoms with Gasteiger partial charge in [-0.2, -0.15) is 0 Å². The Hall–Kier alpha value is -0.870. The van der Waals surface area contributed by atoms with Gasteiger partial charge in [0.25, 0.3) is 0 Å². The first-order chi connectivity index (χ1) is 7.65. The molecule has 16 heavy (non-hydrogen) atoms. The van der Waals surface area contributed by atoms with Crippen LogP contribution in [0.4, 0.5) is 0 Å². The third kappa shape index (κ3) is 2.83. The Bertz CT molecular complexity index is 497. The van der Waals surface area contributed by atoms with E-state index >= 15 is 0 Å². The number of hydrogen-bond acceptors (Lipinski definition) is 3. The molecule has 0 atom stereocenters. The fourth-order valence-corrected chi connectivity index (χ4v) is 2.33. The van der Waals surface area contributed by atoms with Gasteiger partial charge in [0.1, 0.15) is 0 Å². The molecule has 0 saturated heterocycles. The molecule has 4 heteroatoms. The number of aromatic nitrogens is 2. The van der Waals surface area contributed by atoms with Crippen molar-refractivity contribution in [2.75, 3.05) is 0 Å². The predicted octanol–water partition coefficient (Wildman–Crippen LogP) is 4.01. The minimum atomic E-state index is 0.773. The third-order valence-corrected chi connectivity index (χ3v) is 3.61. The summed E-state index contributed by atoms with van der Waals surface area (Å²) in [6.45, 7) is 4.20. The summed E-state index contributed by atoms with van der Waals surface area (Å²) in [6.07, 6.45) is 3.53. The van der Waals surface area contributed by atoms with E-state index < -0.39 is 0 Å². The summed E-state index contributed by atoms with van der Waals surface area (Å²) in [7, 11) is 0. The van der Waals surface area contributed by atoms with Gasteiger partial charge in [0.15, 0.2) is 5.16 Å². The molecule has 2 nitrogen and oxygen atoms in total. The zero-order valence-electron chi connectivity index (χ0n) is 9.07. The molecular weight excluding hydrogens is 284 g/mol. The molecule has 0 N–H and O–H groups in total. The van der Waals surface area contributed by atoms with E-state index in [2.05, 4.69) is 57.9 Å². The lowest BCUT2D eigenvalue weighted by Crippen LogP contribution is -1.87. The smallest absolute Gasteiger partial charge is 0.192 e.